The maximum Gasteiger partial charge on any atom is 0.273 e. The number of thiazole rings is 1. The monoisotopic (exact) mass is 346 g/mol. The first kappa shape index (κ1) is 16.9. The fraction of sp³-hybridized carbons (Fsp3) is 0.444. The van der Waals surface area contributed by atoms with Crippen molar-refractivity contribution in [1.82, 2.24) is 9.88 Å². The Balaban J connectivity index is 1.76. The van der Waals surface area contributed by atoms with Gasteiger partial charge in [-0.3, -0.25) is 4.79 Å². The molecule has 1 amide bonds. The van der Waals surface area contributed by atoms with Crippen molar-refractivity contribution in [3.63, 3.8) is 0 Å². The number of hydrogen-bond donors (Lipinski definition) is 0. The average molecular weight is 346 g/mol. The smallest absolute Gasteiger partial charge is 0.273 e. The largest absolute Gasteiger partial charge is 0.494 e. The summed E-state index contributed by atoms with van der Waals surface area (Å²) >= 11 is 1.49. The molecular formula is C18H22N2O3S. The summed E-state index contributed by atoms with van der Waals surface area (Å²) in [4.78, 5) is 19.1. The van der Waals surface area contributed by atoms with E-state index in [4.69, 9.17) is 9.47 Å². The first-order valence-corrected chi connectivity index (χ1v) is 9.07. The number of amides is 1. The molecule has 0 bridgehead atoms. The fourth-order valence-electron chi connectivity index (χ4n) is 2.70. The van der Waals surface area contributed by atoms with E-state index in [1.54, 1.807) is 0 Å². The summed E-state index contributed by atoms with van der Waals surface area (Å²) in [7, 11) is 0. The first-order valence-electron chi connectivity index (χ1n) is 8.19. The lowest BCUT2D eigenvalue weighted by atomic mass is 10.2. The number of hydrogen-bond acceptors (Lipinski definition) is 5. The van der Waals surface area contributed by atoms with Gasteiger partial charge in [0.15, 0.2) is 0 Å². The molecule has 1 saturated heterocycles. The zero-order chi connectivity index (χ0) is 17.1. The molecule has 6 heteroatoms. The van der Waals surface area contributed by atoms with Crippen molar-refractivity contribution in [2.24, 2.45) is 0 Å². The minimum atomic E-state index is -0.0221. The second-order valence-electron chi connectivity index (χ2n) is 5.95. The highest BCUT2D eigenvalue weighted by atomic mass is 32.1. The van der Waals surface area contributed by atoms with Gasteiger partial charge in [-0.05, 0) is 45.0 Å². The van der Waals surface area contributed by atoms with Crippen LogP contribution in [0.3, 0.4) is 0 Å². The highest BCUT2D eigenvalue weighted by Crippen LogP contribution is 2.27. The van der Waals surface area contributed by atoms with Gasteiger partial charge in [0.25, 0.3) is 5.91 Å². The molecule has 1 fully saturated rings. The van der Waals surface area contributed by atoms with E-state index in [1.807, 2.05) is 55.3 Å². The molecule has 2 atom stereocenters. The molecule has 0 unspecified atom stereocenters. The van der Waals surface area contributed by atoms with Gasteiger partial charge in [0.05, 0.1) is 25.4 Å². The van der Waals surface area contributed by atoms with Crippen LogP contribution in [0.25, 0.3) is 10.6 Å². The molecular weight excluding hydrogens is 324 g/mol. The Morgan fingerprint density at radius 3 is 2.83 bits per heavy atom. The Hall–Kier alpha value is -1.92. The van der Waals surface area contributed by atoms with E-state index in [0.717, 1.165) is 16.3 Å². The summed E-state index contributed by atoms with van der Waals surface area (Å²) in [5.74, 6) is 0.816. The quantitative estimate of drug-likeness (QED) is 0.851. The van der Waals surface area contributed by atoms with Crippen molar-refractivity contribution in [3.05, 3.63) is 35.3 Å². The van der Waals surface area contributed by atoms with Crippen LogP contribution in [0, 0.1) is 0 Å². The molecule has 0 aliphatic carbocycles. The Labute approximate surface area is 146 Å². The second kappa shape index (κ2) is 7.32. The van der Waals surface area contributed by atoms with Crippen LogP contribution < -0.4 is 4.74 Å². The summed E-state index contributed by atoms with van der Waals surface area (Å²) in [6.07, 6.45) is 0.0642. The molecule has 5 nitrogen and oxygen atoms in total. The van der Waals surface area contributed by atoms with Gasteiger partial charge < -0.3 is 14.4 Å². The molecule has 128 valence electrons. The predicted octanol–water partition coefficient (Wildman–Crippen LogP) is 3.46. The summed E-state index contributed by atoms with van der Waals surface area (Å²) in [6.45, 7) is 7.77. The van der Waals surface area contributed by atoms with Gasteiger partial charge >= 0.3 is 0 Å². The summed E-state index contributed by atoms with van der Waals surface area (Å²) in [6, 6.07) is 7.86. The molecule has 0 N–H and O–H groups in total. The highest BCUT2D eigenvalue weighted by molar-refractivity contribution is 7.13. The Morgan fingerprint density at radius 2 is 2.12 bits per heavy atom. The van der Waals surface area contributed by atoms with Crippen LogP contribution in [0.4, 0.5) is 0 Å². The molecule has 0 radical (unpaired) electrons. The summed E-state index contributed by atoms with van der Waals surface area (Å²) in [5.41, 5.74) is 1.50. The van der Waals surface area contributed by atoms with Crippen LogP contribution in [0.5, 0.6) is 5.75 Å². The van der Waals surface area contributed by atoms with Crippen LogP contribution in [0.15, 0.2) is 29.6 Å². The van der Waals surface area contributed by atoms with Gasteiger partial charge in [0.2, 0.25) is 0 Å². The number of carbonyl (C=O) groups is 1. The van der Waals surface area contributed by atoms with E-state index in [1.165, 1.54) is 11.3 Å². The van der Waals surface area contributed by atoms with Gasteiger partial charge in [-0.2, -0.15) is 0 Å². The average Bonchev–Trinajstić information content (AvgIpc) is 3.07. The third-order valence-electron chi connectivity index (χ3n) is 4.00. The number of rotatable bonds is 4. The van der Waals surface area contributed by atoms with Crippen molar-refractivity contribution in [2.75, 3.05) is 19.8 Å². The lowest BCUT2D eigenvalue weighted by Gasteiger charge is -2.36. The van der Waals surface area contributed by atoms with E-state index >= 15 is 0 Å². The molecule has 0 spiro atoms. The minimum absolute atomic E-state index is 0.0221. The van der Waals surface area contributed by atoms with Gasteiger partial charge in [0, 0.05) is 17.5 Å². The zero-order valence-electron chi connectivity index (χ0n) is 14.2. The van der Waals surface area contributed by atoms with E-state index in [2.05, 4.69) is 4.98 Å². The maximum atomic E-state index is 12.7. The van der Waals surface area contributed by atoms with Gasteiger partial charge in [0.1, 0.15) is 16.5 Å². The van der Waals surface area contributed by atoms with Gasteiger partial charge in [-0.15, -0.1) is 11.3 Å². The molecule has 24 heavy (non-hydrogen) atoms. The van der Waals surface area contributed by atoms with E-state index < -0.39 is 0 Å². The standard InChI is InChI=1S/C18H22N2O3S/c1-4-22-15-7-5-14(6-8-15)17-19-16(11-24-17)18(21)20-9-13(3)23-10-12(20)2/h5-8,11-13H,4,9-10H2,1-3H3/t12-,13-/m0/s1. The Bertz CT molecular complexity index is 699. The van der Waals surface area contributed by atoms with E-state index in [-0.39, 0.29) is 18.1 Å². The number of ether oxygens (including phenoxy) is 2. The molecule has 2 heterocycles. The van der Waals surface area contributed by atoms with Crippen LogP contribution in [-0.2, 0) is 4.74 Å². The third-order valence-corrected chi connectivity index (χ3v) is 4.90. The molecule has 2 aromatic rings. The Kier molecular flexibility index (Phi) is 5.16. The SMILES string of the molecule is CCOc1ccc(-c2nc(C(=O)N3C[C@H](C)OC[C@@H]3C)cs2)cc1. The normalized spacial score (nSPS) is 20.9. The van der Waals surface area contributed by atoms with Crippen LogP contribution >= 0.6 is 11.3 Å². The van der Waals surface area contributed by atoms with Crippen LogP contribution in [0.2, 0.25) is 0 Å². The lowest BCUT2D eigenvalue weighted by molar-refractivity contribution is -0.0388. The number of morpholine rings is 1. The topological polar surface area (TPSA) is 51.7 Å². The van der Waals surface area contributed by atoms with Gasteiger partial charge in [-0.25, -0.2) is 4.98 Å². The molecule has 1 aromatic carbocycles. The zero-order valence-corrected chi connectivity index (χ0v) is 15.0. The molecule has 1 aromatic heterocycles. The third kappa shape index (κ3) is 3.60. The van der Waals surface area contributed by atoms with Crippen LogP contribution in [0.1, 0.15) is 31.3 Å². The number of aromatic nitrogens is 1. The van der Waals surface area contributed by atoms with Crippen molar-refractivity contribution in [3.8, 4) is 16.3 Å². The van der Waals surface area contributed by atoms with Crippen molar-refractivity contribution < 1.29 is 14.3 Å². The summed E-state index contributed by atoms with van der Waals surface area (Å²) < 4.78 is 11.0. The Morgan fingerprint density at radius 1 is 1.38 bits per heavy atom. The number of nitrogens with zero attached hydrogens (tertiary/aromatic N) is 2. The van der Waals surface area contributed by atoms with Gasteiger partial charge in [-0.1, -0.05) is 0 Å². The lowest BCUT2D eigenvalue weighted by Crippen LogP contribution is -2.50. The first-order chi connectivity index (χ1) is 11.6. The van der Waals surface area contributed by atoms with Crippen molar-refractivity contribution in [2.45, 2.75) is 32.9 Å². The van der Waals surface area contributed by atoms with Crippen molar-refractivity contribution in [1.29, 1.82) is 0 Å². The second-order valence-corrected chi connectivity index (χ2v) is 6.80. The fourth-order valence-corrected chi connectivity index (χ4v) is 3.50. The summed E-state index contributed by atoms with van der Waals surface area (Å²) in [5, 5.41) is 2.68. The predicted molar refractivity (Wildman–Crippen MR) is 94.6 cm³/mol. The maximum absolute atomic E-state index is 12.7. The highest BCUT2D eigenvalue weighted by Gasteiger charge is 2.29. The minimum Gasteiger partial charge on any atom is -0.494 e. The number of benzene rings is 1. The van der Waals surface area contributed by atoms with E-state index in [9.17, 15) is 4.79 Å². The van der Waals surface area contributed by atoms with Crippen molar-refractivity contribution >= 4 is 17.2 Å². The number of carbonyl (C=O) groups excluding carboxylic acids is 1. The molecule has 3 rings (SSSR count). The molecule has 1 aliphatic rings. The molecule has 1 aliphatic heterocycles. The molecule has 0 saturated carbocycles. The van der Waals surface area contributed by atoms with Crippen LogP contribution in [-0.4, -0.2) is 47.7 Å². The van der Waals surface area contributed by atoms with E-state index in [0.29, 0.717) is 25.5 Å².